The smallest absolute Gasteiger partial charge is 0.308 e. The molecule has 0 saturated carbocycles. The van der Waals surface area contributed by atoms with E-state index < -0.39 is 23.8 Å². The Bertz CT molecular complexity index is 704. The molecule has 124 valence electrons. The quantitative estimate of drug-likeness (QED) is 0.731. The Morgan fingerprint density at radius 2 is 1.75 bits per heavy atom. The SMILES string of the molecule is NC(=O)[C@H](CC(=O)OCc1ccccc1)NC(=O)c1ccncc1. The molecule has 0 aliphatic heterocycles. The number of carbonyl (C=O) groups is 3. The summed E-state index contributed by atoms with van der Waals surface area (Å²) in [5, 5.41) is 2.42. The van der Waals surface area contributed by atoms with E-state index in [1.807, 2.05) is 30.3 Å². The van der Waals surface area contributed by atoms with E-state index in [1.165, 1.54) is 24.5 Å². The summed E-state index contributed by atoms with van der Waals surface area (Å²) in [6.07, 6.45) is 2.56. The number of pyridine rings is 1. The molecular weight excluding hydrogens is 310 g/mol. The number of ether oxygens (including phenoxy) is 1. The summed E-state index contributed by atoms with van der Waals surface area (Å²) in [5.41, 5.74) is 6.38. The first-order chi connectivity index (χ1) is 11.6. The van der Waals surface area contributed by atoms with Crippen molar-refractivity contribution in [1.82, 2.24) is 10.3 Å². The lowest BCUT2D eigenvalue weighted by molar-refractivity contribution is -0.146. The number of amides is 2. The van der Waals surface area contributed by atoms with Crippen LogP contribution in [-0.4, -0.2) is 28.8 Å². The molecule has 7 heteroatoms. The number of rotatable bonds is 7. The number of aromatic nitrogens is 1. The van der Waals surface area contributed by atoms with Crippen molar-refractivity contribution in [1.29, 1.82) is 0 Å². The van der Waals surface area contributed by atoms with E-state index >= 15 is 0 Å². The highest BCUT2D eigenvalue weighted by Crippen LogP contribution is 2.04. The molecule has 7 nitrogen and oxygen atoms in total. The van der Waals surface area contributed by atoms with Crippen LogP contribution in [0, 0.1) is 0 Å². The Morgan fingerprint density at radius 3 is 2.38 bits per heavy atom. The molecule has 0 bridgehead atoms. The minimum Gasteiger partial charge on any atom is -0.461 e. The fourth-order valence-corrected chi connectivity index (χ4v) is 1.93. The van der Waals surface area contributed by atoms with Crippen molar-refractivity contribution in [2.75, 3.05) is 0 Å². The molecule has 0 unspecified atom stereocenters. The van der Waals surface area contributed by atoms with Crippen molar-refractivity contribution in [3.8, 4) is 0 Å². The number of hydrogen-bond donors (Lipinski definition) is 2. The third-order valence-electron chi connectivity index (χ3n) is 3.20. The molecule has 2 rings (SSSR count). The van der Waals surface area contributed by atoms with E-state index in [-0.39, 0.29) is 13.0 Å². The molecule has 1 aromatic carbocycles. The van der Waals surface area contributed by atoms with Gasteiger partial charge in [0.05, 0.1) is 6.42 Å². The normalized spacial score (nSPS) is 11.3. The van der Waals surface area contributed by atoms with Gasteiger partial charge in [-0.25, -0.2) is 0 Å². The van der Waals surface area contributed by atoms with Crippen LogP contribution in [0.15, 0.2) is 54.9 Å². The minimum atomic E-state index is -1.14. The van der Waals surface area contributed by atoms with Crippen LogP contribution in [-0.2, 0) is 20.9 Å². The topological polar surface area (TPSA) is 111 Å². The molecule has 3 N–H and O–H groups in total. The lowest BCUT2D eigenvalue weighted by Gasteiger charge is -2.15. The second kappa shape index (κ2) is 8.42. The predicted octanol–water partition coefficient (Wildman–Crippen LogP) is 0.799. The maximum absolute atomic E-state index is 12.0. The molecule has 0 saturated heterocycles. The van der Waals surface area contributed by atoms with Crippen LogP contribution in [0.25, 0.3) is 0 Å². The molecule has 0 aliphatic carbocycles. The van der Waals surface area contributed by atoms with Crippen molar-refractivity contribution in [2.24, 2.45) is 5.73 Å². The number of nitrogens with zero attached hydrogens (tertiary/aromatic N) is 1. The van der Waals surface area contributed by atoms with Gasteiger partial charge in [0, 0.05) is 18.0 Å². The third-order valence-corrected chi connectivity index (χ3v) is 3.20. The zero-order valence-corrected chi connectivity index (χ0v) is 12.8. The second-order valence-electron chi connectivity index (χ2n) is 5.01. The molecule has 24 heavy (non-hydrogen) atoms. The van der Waals surface area contributed by atoms with Crippen molar-refractivity contribution in [3.05, 3.63) is 66.0 Å². The second-order valence-corrected chi connectivity index (χ2v) is 5.01. The number of benzene rings is 1. The lowest BCUT2D eigenvalue weighted by Crippen LogP contribution is -2.45. The predicted molar refractivity (Wildman–Crippen MR) is 85.5 cm³/mol. The molecular formula is C17H17N3O4. The summed E-state index contributed by atoms with van der Waals surface area (Å²) in [6, 6.07) is 10.9. The van der Waals surface area contributed by atoms with Gasteiger partial charge in [-0.1, -0.05) is 30.3 Å². The van der Waals surface area contributed by atoms with Crippen molar-refractivity contribution >= 4 is 17.8 Å². The summed E-state index contributed by atoms with van der Waals surface area (Å²) >= 11 is 0. The lowest BCUT2D eigenvalue weighted by atomic mass is 10.1. The van der Waals surface area contributed by atoms with E-state index in [0.717, 1.165) is 5.56 Å². The number of nitrogens with two attached hydrogens (primary N) is 1. The summed E-state index contributed by atoms with van der Waals surface area (Å²) in [5.74, 6) is -1.95. The number of carbonyl (C=O) groups excluding carboxylic acids is 3. The summed E-state index contributed by atoms with van der Waals surface area (Å²) in [6.45, 7) is 0.0868. The number of hydrogen-bond acceptors (Lipinski definition) is 5. The van der Waals surface area contributed by atoms with Crippen LogP contribution in [0.5, 0.6) is 0 Å². The van der Waals surface area contributed by atoms with Gasteiger partial charge in [-0.15, -0.1) is 0 Å². The van der Waals surface area contributed by atoms with Crippen LogP contribution < -0.4 is 11.1 Å². The molecule has 1 heterocycles. The van der Waals surface area contributed by atoms with Gasteiger partial charge in [-0.2, -0.15) is 0 Å². The van der Waals surface area contributed by atoms with Crippen molar-refractivity contribution < 1.29 is 19.1 Å². The molecule has 2 amide bonds. The first-order valence-electron chi connectivity index (χ1n) is 7.26. The summed E-state index contributed by atoms with van der Waals surface area (Å²) in [4.78, 5) is 39.1. The fraction of sp³-hybridized carbons (Fsp3) is 0.176. The van der Waals surface area contributed by atoms with Gasteiger partial charge >= 0.3 is 5.97 Å². The zero-order chi connectivity index (χ0) is 17.4. The van der Waals surface area contributed by atoms with E-state index in [9.17, 15) is 14.4 Å². The molecule has 1 aromatic heterocycles. The average Bonchev–Trinajstić information content (AvgIpc) is 2.61. The van der Waals surface area contributed by atoms with E-state index in [0.29, 0.717) is 5.56 Å². The molecule has 0 spiro atoms. The maximum Gasteiger partial charge on any atom is 0.308 e. The monoisotopic (exact) mass is 327 g/mol. The Kier molecular flexibility index (Phi) is 6.01. The Hall–Kier alpha value is -3.22. The first kappa shape index (κ1) is 17.1. The number of nitrogens with one attached hydrogen (secondary N) is 1. The molecule has 1 atom stereocenters. The Balaban J connectivity index is 1.89. The summed E-state index contributed by atoms with van der Waals surface area (Å²) in [7, 11) is 0. The number of primary amides is 1. The summed E-state index contributed by atoms with van der Waals surface area (Å²) < 4.78 is 5.09. The van der Waals surface area contributed by atoms with Crippen LogP contribution in [0.4, 0.5) is 0 Å². The van der Waals surface area contributed by atoms with Gasteiger partial charge in [-0.05, 0) is 17.7 Å². The fourth-order valence-electron chi connectivity index (χ4n) is 1.93. The van der Waals surface area contributed by atoms with Gasteiger partial charge in [0.25, 0.3) is 5.91 Å². The Morgan fingerprint density at radius 1 is 1.08 bits per heavy atom. The van der Waals surface area contributed by atoms with Crippen LogP contribution in [0.3, 0.4) is 0 Å². The first-order valence-corrected chi connectivity index (χ1v) is 7.26. The van der Waals surface area contributed by atoms with Gasteiger partial charge in [0.1, 0.15) is 12.6 Å². The van der Waals surface area contributed by atoms with Crippen LogP contribution in [0.1, 0.15) is 22.3 Å². The highest BCUT2D eigenvalue weighted by Gasteiger charge is 2.23. The van der Waals surface area contributed by atoms with E-state index in [2.05, 4.69) is 10.3 Å². The van der Waals surface area contributed by atoms with E-state index in [1.54, 1.807) is 0 Å². The van der Waals surface area contributed by atoms with Gasteiger partial charge in [0.15, 0.2) is 0 Å². The molecule has 0 fully saturated rings. The third kappa shape index (κ3) is 5.20. The largest absolute Gasteiger partial charge is 0.461 e. The molecule has 0 radical (unpaired) electrons. The van der Waals surface area contributed by atoms with Gasteiger partial charge < -0.3 is 15.8 Å². The molecule has 2 aromatic rings. The van der Waals surface area contributed by atoms with Gasteiger partial charge in [-0.3, -0.25) is 19.4 Å². The van der Waals surface area contributed by atoms with Crippen molar-refractivity contribution in [2.45, 2.75) is 19.1 Å². The van der Waals surface area contributed by atoms with E-state index in [4.69, 9.17) is 10.5 Å². The van der Waals surface area contributed by atoms with Crippen molar-refractivity contribution in [3.63, 3.8) is 0 Å². The zero-order valence-electron chi connectivity index (χ0n) is 12.8. The molecule has 0 aliphatic rings. The highest BCUT2D eigenvalue weighted by atomic mass is 16.5. The van der Waals surface area contributed by atoms with Crippen LogP contribution >= 0.6 is 0 Å². The Labute approximate surface area is 138 Å². The van der Waals surface area contributed by atoms with Gasteiger partial charge in [0.2, 0.25) is 5.91 Å². The minimum absolute atomic E-state index is 0.0868. The standard InChI is InChI=1S/C17H17N3O4/c18-16(22)14(20-17(23)13-6-8-19-9-7-13)10-15(21)24-11-12-4-2-1-3-5-12/h1-9,14H,10-11H2,(H2,18,22)(H,20,23)/t14-/m0/s1. The number of esters is 1. The average molecular weight is 327 g/mol. The van der Waals surface area contributed by atoms with Crippen LogP contribution in [0.2, 0.25) is 0 Å². The maximum atomic E-state index is 12.0. The highest BCUT2D eigenvalue weighted by molar-refractivity contribution is 5.98.